The molecule has 1 saturated heterocycles. The van der Waals surface area contributed by atoms with E-state index in [0.717, 1.165) is 29.2 Å². The zero-order valence-corrected chi connectivity index (χ0v) is 22.6. The topological polar surface area (TPSA) is 148 Å². The first-order valence-corrected chi connectivity index (χ1v) is 16.0. The highest BCUT2D eigenvalue weighted by atomic mass is 28.3. The third-order valence-electron chi connectivity index (χ3n) is 6.62. The molecule has 0 amide bonds. The summed E-state index contributed by atoms with van der Waals surface area (Å²) < 4.78 is 9.70. The summed E-state index contributed by atoms with van der Waals surface area (Å²) in [4.78, 5) is 30.4. The van der Waals surface area contributed by atoms with Crippen LogP contribution < -0.4 is 4.90 Å². The maximum absolute atomic E-state index is 11.0. The van der Waals surface area contributed by atoms with Crippen LogP contribution in [0.4, 0.5) is 5.82 Å². The fourth-order valence-electron chi connectivity index (χ4n) is 4.36. The second-order valence-electron chi connectivity index (χ2n) is 10.8. The van der Waals surface area contributed by atoms with E-state index < -0.39 is 19.6 Å². The average molecular weight is 532 g/mol. The van der Waals surface area contributed by atoms with E-state index in [4.69, 9.17) is 14.8 Å². The number of carbonyl (C=O) groups is 1. The summed E-state index contributed by atoms with van der Waals surface area (Å²) >= 11 is 0. The Morgan fingerprint density at radius 1 is 1.18 bits per heavy atom. The molecule has 4 aromatic rings. The SMILES string of the molecule is C[Si](C)(C)CCOCn1ccc2cnc(-c3cnn(C4(CC#N)CN(c5cnc(C(=O)O)cn5)C4)c3)nc21. The van der Waals surface area contributed by atoms with Gasteiger partial charge in [-0.2, -0.15) is 10.4 Å². The lowest BCUT2D eigenvalue weighted by Gasteiger charge is -2.49. The quantitative estimate of drug-likeness (QED) is 0.239. The van der Waals surface area contributed by atoms with Gasteiger partial charge >= 0.3 is 5.97 Å². The van der Waals surface area contributed by atoms with Crippen LogP contribution in [0.3, 0.4) is 0 Å². The van der Waals surface area contributed by atoms with Gasteiger partial charge in [-0.15, -0.1) is 0 Å². The average Bonchev–Trinajstić information content (AvgIpc) is 3.51. The fraction of sp³-hybridized carbons (Fsp3) is 0.400. The number of ether oxygens (including phenoxy) is 1. The van der Waals surface area contributed by atoms with E-state index >= 15 is 0 Å². The number of nitriles is 1. The number of carboxylic acids is 1. The van der Waals surface area contributed by atoms with Gasteiger partial charge in [0.05, 0.1) is 36.6 Å². The van der Waals surface area contributed by atoms with Gasteiger partial charge < -0.3 is 19.3 Å². The predicted molar refractivity (Wildman–Crippen MR) is 142 cm³/mol. The molecule has 12 nitrogen and oxygen atoms in total. The molecule has 5 heterocycles. The Labute approximate surface area is 220 Å². The van der Waals surface area contributed by atoms with E-state index in [2.05, 4.69) is 45.8 Å². The summed E-state index contributed by atoms with van der Waals surface area (Å²) in [6.45, 7) is 9.12. The number of hydrogen-bond acceptors (Lipinski definition) is 9. The Morgan fingerprint density at radius 2 is 2.00 bits per heavy atom. The number of carboxylic acid groups (broad SMARTS) is 1. The lowest BCUT2D eigenvalue weighted by atomic mass is 9.87. The monoisotopic (exact) mass is 531 g/mol. The maximum Gasteiger partial charge on any atom is 0.356 e. The Hall–Kier alpha value is -4.15. The van der Waals surface area contributed by atoms with Crippen LogP contribution in [0.2, 0.25) is 25.7 Å². The standard InChI is InChI=1S/C25H29N9O3Si/c1-38(2,3)9-8-37-17-32-7-4-18-10-29-22(31-23(18)32)19-11-30-34(14-19)25(5-6-26)15-33(16-25)21-13-27-20(12-28-21)24(35)36/h4,7,10-14H,5,8-9,15-17H2,1-3H3,(H,35,36). The predicted octanol–water partition coefficient (Wildman–Crippen LogP) is 3.22. The minimum atomic E-state index is -1.15. The van der Waals surface area contributed by atoms with Crippen molar-refractivity contribution in [3.8, 4) is 17.5 Å². The molecule has 0 unspecified atom stereocenters. The summed E-state index contributed by atoms with van der Waals surface area (Å²) in [6.07, 6.45) is 10.2. The molecule has 0 saturated carbocycles. The lowest BCUT2D eigenvalue weighted by Crippen LogP contribution is -2.63. The Balaban J connectivity index is 1.32. The van der Waals surface area contributed by atoms with Crippen molar-refractivity contribution in [3.63, 3.8) is 0 Å². The van der Waals surface area contributed by atoms with E-state index in [1.54, 1.807) is 17.1 Å². The van der Waals surface area contributed by atoms with Crippen LogP contribution in [-0.4, -0.2) is 73.1 Å². The van der Waals surface area contributed by atoms with Crippen molar-refractivity contribution in [2.75, 3.05) is 24.6 Å². The van der Waals surface area contributed by atoms with Crippen molar-refractivity contribution in [1.29, 1.82) is 5.26 Å². The van der Waals surface area contributed by atoms with Gasteiger partial charge in [-0.25, -0.2) is 24.7 Å². The van der Waals surface area contributed by atoms with E-state index in [9.17, 15) is 10.1 Å². The van der Waals surface area contributed by atoms with Gasteiger partial charge in [0.25, 0.3) is 0 Å². The number of nitrogens with zero attached hydrogens (tertiary/aromatic N) is 9. The largest absolute Gasteiger partial charge is 0.476 e. The van der Waals surface area contributed by atoms with Gasteiger partial charge in [-0.1, -0.05) is 19.6 Å². The van der Waals surface area contributed by atoms with Gasteiger partial charge in [0.1, 0.15) is 23.7 Å². The summed E-state index contributed by atoms with van der Waals surface area (Å²) in [5.74, 6) is -0.0282. The van der Waals surface area contributed by atoms with Crippen molar-refractivity contribution in [2.45, 2.75) is 44.4 Å². The number of fused-ring (bicyclic) bond motifs is 1. The highest BCUT2D eigenvalue weighted by Gasteiger charge is 2.46. The molecule has 0 radical (unpaired) electrons. The van der Waals surface area contributed by atoms with Gasteiger partial charge in [-0.3, -0.25) is 4.68 Å². The van der Waals surface area contributed by atoms with Gasteiger partial charge in [-0.05, 0) is 12.1 Å². The van der Waals surface area contributed by atoms with Crippen LogP contribution in [0.25, 0.3) is 22.4 Å². The molecule has 1 N–H and O–H groups in total. The van der Waals surface area contributed by atoms with Crippen LogP contribution in [0.5, 0.6) is 0 Å². The summed E-state index contributed by atoms with van der Waals surface area (Å²) in [6, 6.07) is 5.35. The van der Waals surface area contributed by atoms with E-state index in [1.165, 1.54) is 12.4 Å². The molecule has 196 valence electrons. The number of aromatic nitrogens is 7. The Bertz CT molecular complexity index is 1500. The van der Waals surface area contributed by atoms with Crippen LogP contribution in [-0.2, 0) is 17.0 Å². The normalized spacial score (nSPS) is 14.8. The fourth-order valence-corrected chi connectivity index (χ4v) is 5.12. The number of hydrogen-bond donors (Lipinski definition) is 1. The van der Waals surface area contributed by atoms with Crippen LogP contribution in [0.15, 0.2) is 43.2 Å². The summed E-state index contributed by atoms with van der Waals surface area (Å²) in [7, 11) is -1.15. The molecule has 38 heavy (non-hydrogen) atoms. The number of anilines is 1. The molecule has 5 rings (SSSR count). The summed E-state index contributed by atoms with van der Waals surface area (Å²) in [5, 5.41) is 24.1. The first-order chi connectivity index (χ1) is 18.2. The molecule has 1 fully saturated rings. The molecule has 0 atom stereocenters. The molecule has 0 spiro atoms. The molecular formula is C25H29N9O3Si. The van der Waals surface area contributed by atoms with E-state index in [-0.39, 0.29) is 12.1 Å². The smallest absolute Gasteiger partial charge is 0.356 e. The first kappa shape index (κ1) is 25.5. The van der Waals surface area contributed by atoms with E-state index in [0.29, 0.717) is 31.5 Å². The molecule has 4 aromatic heterocycles. The minimum Gasteiger partial charge on any atom is -0.476 e. The molecule has 0 aliphatic carbocycles. The van der Waals surface area contributed by atoms with Crippen LogP contribution in [0, 0.1) is 11.3 Å². The highest BCUT2D eigenvalue weighted by Crippen LogP contribution is 2.35. The number of rotatable bonds is 10. The maximum atomic E-state index is 11.0. The van der Waals surface area contributed by atoms with Gasteiger partial charge in [0, 0.05) is 51.7 Å². The molecule has 0 aromatic carbocycles. The van der Waals surface area contributed by atoms with Crippen molar-refractivity contribution < 1.29 is 14.6 Å². The van der Waals surface area contributed by atoms with E-state index in [1.807, 2.05) is 27.9 Å². The highest BCUT2D eigenvalue weighted by molar-refractivity contribution is 6.76. The van der Waals surface area contributed by atoms with Gasteiger partial charge in [0.15, 0.2) is 11.5 Å². The zero-order chi connectivity index (χ0) is 26.9. The lowest BCUT2D eigenvalue weighted by molar-refractivity contribution is 0.0690. The third-order valence-corrected chi connectivity index (χ3v) is 8.32. The molecular weight excluding hydrogens is 502 g/mol. The first-order valence-electron chi connectivity index (χ1n) is 12.3. The van der Waals surface area contributed by atoms with Gasteiger partial charge in [0.2, 0.25) is 0 Å². The molecule has 1 aliphatic heterocycles. The van der Waals surface area contributed by atoms with Crippen molar-refractivity contribution in [3.05, 3.63) is 48.9 Å². The second kappa shape index (κ2) is 9.96. The second-order valence-corrected chi connectivity index (χ2v) is 16.4. The van der Waals surface area contributed by atoms with Crippen molar-refractivity contribution in [2.24, 2.45) is 0 Å². The molecule has 0 bridgehead atoms. The summed E-state index contributed by atoms with van der Waals surface area (Å²) in [5.41, 5.74) is 0.881. The zero-order valence-electron chi connectivity index (χ0n) is 21.6. The number of aromatic carboxylic acids is 1. The Kier molecular flexibility index (Phi) is 6.68. The third kappa shape index (κ3) is 5.13. The van der Waals surface area contributed by atoms with Crippen molar-refractivity contribution in [1.82, 2.24) is 34.3 Å². The molecule has 13 heteroatoms. The van der Waals surface area contributed by atoms with Crippen LogP contribution in [0.1, 0.15) is 16.9 Å². The minimum absolute atomic E-state index is 0.115. The molecule has 1 aliphatic rings. The van der Waals surface area contributed by atoms with Crippen LogP contribution >= 0.6 is 0 Å². The van der Waals surface area contributed by atoms with Crippen molar-refractivity contribution >= 4 is 30.9 Å². The Morgan fingerprint density at radius 3 is 2.68 bits per heavy atom.